The number of nitrogens with zero attached hydrogens (tertiary/aromatic N) is 1. The first-order valence-corrected chi connectivity index (χ1v) is 8.25. The Hall–Kier alpha value is -3.01. The van der Waals surface area contributed by atoms with Gasteiger partial charge < -0.3 is 14.6 Å². The molecule has 0 radical (unpaired) electrons. The number of ether oxygens (including phenoxy) is 1. The summed E-state index contributed by atoms with van der Waals surface area (Å²) in [6, 6.07) is 19.3. The molecular weight excluding hydrogens is 312 g/mol. The minimum absolute atomic E-state index is 0.0980. The minimum atomic E-state index is -0.0980. The van der Waals surface area contributed by atoms with Gasteiger partial charge in [-0.05, 0) is 49.7 Å². The first-order chi connectivity index (χ1) is 12.0. The molecule has 1 N–H and O–H groups in total. The number of benzene rings is 2. The van der Waals surface area contributed by atoms with Crippen molar-refractivity contribution < 1.29 is 9.53 Å². The van der Waals surface area contributed by atoms with Gasteiger partial charge in [-0.3, -0.25) is 4.79 Å². The summed E-state index contributed by atoms with van der Waals surface area (Å²) in [4.78, 5) is 12.4. The highest BCUT2D eigenvalue weighted by Gasteiger charge is 2.14. The van der Waals surface area contributed by atoms with Gasteiger partial charge in [-0.15, -0.1) is 0 Å². The van der Waals surface area contributed by atoms with Crippen LogP contribution >= 0.6 is 0 Å². The lowest BCUT2D eigenvalue weighted by Crippen LogP contribution is -2.12. The van der Waals surface area contributed by atoms with Crippen molar-refractivity contribution in [1.82, 2.24) is 4.57 Å². The van der Waals surface area contributed by atoms with E-state index in [-0.39, 0.29) is 5.91 Å². The van der Waals surface area contributed by atoms with Crippen LogP contribution in [-0.4, -0.2) is 10.5 Å². The molecular formula is C21H22N2O2. The topological polar surface area (TPSA) is 43.3 Å². The van der Waals surface area contributed by atoms with Crippen LogP contribution in [0.3, 0.4) is 0 Å². The summed E-state index contributed by atoms with van der Waals surface area (Å²) in [7, 11) is 1.96. The minimum Gasteiger partial charge on any atom is -0.489 e. The molecule has 0 unspecified atom stereocenters. The Morgan fingerprint density at radius 1 is 1.04 bits per heavy atom. The molecule has 128 valence electrons. The average Bonchev–Trinajstić information content (AvgIpc) is 2.89. The summed E-state index contributed by atoms with van der Waals surface area (Å²) in [6.45, 7) is 4.46. The van der Waals surface area contributed by atoms with Crippen LogP contribution in [0.1, 0.15) is 27.3 Å². The summed E-state index contributed by atoms with van der Waals surface area (Å²) in [6.07, 6.45) is 0. The van der Waals surface area contributed by atoms with Crippen LogP contribution in [0.15, 0.2) is 60.7 Å². The number of hydrogen-bond acceptors (Lipinski definition) is 2. The third-order valence-electron chi connectivity index (χ3n) is 4.38. The summed E-state index contributed by atoms with van der Waals surface area (Å²) in [5.74, 6) is 0.674. The number of aromatic nitrogens is 1. The molecule has 1 aromatic heterocycles. The lowest BCUT2D eigenvalue weighted by Gasteiger charge is -2.09. The first kappa shape index (κ1) is 16.8. The third kappa shape index (κ3) is 3.91. The van der Waals surface area contributed by atoms with E-state index in [0.29, 0.717) is 12.2 Å². The monoisotopic (exact) mass is 334 g/mol. The lowest BCUT2D eigenvalue weighted by molar-refractivity contribution is 0.102. The molecule has 0 aliphatic carbocycles. The van der Waals surface area contributed by atoms with Crippen LogP contribution in [0.25, 0.3) is 0 Å². The van der Waals surface area contributed by atoms with Crippen molar-refractivity contribution in [3.63, 3.8) is 0 Å². The molecule has 0 saturated carbocycles. The van der Waals surface area contributed by atoms with Gasteiger partial charge in [0, 0.05) is 24.1 Å². The van der Waals surface area contributed by atoms with E-state index in [9.17, 15) is 4.79 Å². The highest BCUT2D eigenvalue weighted by atomic mass is 16.5. The van der Waals surface area contributed by atoms with Crippen molar-refractivity contribution in [2.45, 2.75) is 20.5 Å². The standard InChI is InChI=1S/C21H22N2O2/c1-15-13-20(16(2)23(15)3)21(24)22-18-9-11-19(12-10-18)25-14-17-7-5-4-6-8-17/h4-13H,14H2,1-3H3,(H,22,24). The van der Waals surface area contributed by atoms with Gasteiger partial charge in [-0.25, -0.2) is 0 Å². The molecule has 0 atom stereocenters. The van der Waals surface area contributed by atoms with Gasteiger partial charge in [0.2, 0.25) is 0 Å². The van der Waals surface area contributed by atoms with Crippen LogP contribution in [0, 0.1) is 13.8 Å². The molecule has 1 amide bonds. The fourth-order valence-electron chi connectivity index (χ4n) is 2.66. The van der Waals surface area contributed by atoms with Crippen LogP contribution in [0.4, 0.5) is 5.69 Å². The molecule has 4 heteroatoms. The highest BCUT2D eigenvalue weighted by molar-refractivity contribution is 6.05. The second-order valence-electron chi connectivity index (χ2n) is 6.10. The van der Waals surface area contributed by atoms with E-state index in [1.807, 2.05) is 86.1 Å². The molecule has 25 heavy (non-hydrogen) atoms. The number of aryl methyl sites for hydroxylation is 1. The maximum atomic E-state index is 12.4. The molecule has 2 aromatic carbocycles. The Labute approximate surface area is 148 Å². The van der Waals surface area contributed by atoms with E-state index in [2.05, 4.69) is 5.32 Å². The molecule has 3 rings (SSSR count). The third-order valence-corrected chi connectivity index (χ3v) is 4.38. The maximum absolute atomic E-state index is 12.4. The molecule has 3 aromatic rings. The van der Waals surface area contributed by atoms with Gasteiger partial charge in [0.25, 0.3) is 5.91 Å². The van der Waals surface area contributed by atoms with Gasteiger partial charge in [-0.2, -0.15) is 0 Å². The van der Waals surface area contributed by atoms with Crippen molar-refractivity contribution in [3.05, 3.63) is 83.2 Å². The fraction of sp³-hybridized carbons (Fsp3) is 0.190. The maximum Gasteiger partial charge on any atom is 0.257 e. The van der Waals surface area contributed by atoms with Gasteiger partial charge in [0.05, 0.1) is 5.56 Å². The summed E-state index contributed by atoms with van der Waals surface area (Å²) in [5, 5.41) is 2.93. The molecule has 0 aliphatic rings. The van der Waals surface area contributed by atoms with Crippen molar-refractivity contribution in [3.8, 4) is 5.75 Å². The predicted octanol–water partition coefficient (Wildman–Crippen LogP) is 4.47. The van der Waals surface area contributed by atoms with E-state index in [1.165, 1.54) is 0 Å². The van der Waals surface area contributed by atoms with Crippen molar-refractivity contribution in [2.75, 3.05) is 5.32 Å². The van der Waals surface area contributed by atoms with Crippen LogP contribution in [0.2, 0.25) is 0 Å². The number of carbonyl (C=O) groups is 1. The number of rotatable bonds is 5. The van der Waals surface area contributed by atoms with Crippen molar-refractivity contribution >= 4 is 11.6 Å². The summed E-state index contributed by atoms with van der Waals surface area (Å²) >= 11 is 0. The lowest BCUT2D eigenvalue weighted by atomic mass is 10.2. The number of hydrogen-bond donors (Lipinski definition) is 1. The van der Waals surface area contributed by atoms with E-state index in [0.717, 1.165) is 28.4 Å². The largest absolute Gasteiger partial charge is 0.489 e. The summed E-state index contributed by atoms with van der Waals surface area (Å²) < 4.78 is 7.77. The Morgan fingerprint density at radius 3 is 2.32 bits per heavy atom. The Balaban J connectivity index is 1.62. The van der Waals surface area contributed by atoms with E-state index in [1.54, 1.807) is 0 Å². The molecule has 0 saturated heterocycles. The number of carbonyl (C=O) groups excluding carboxylic acids is 1. The van der Waals surface area contributed by atoms with Gasteiger partial charge >= 0.3 is 0 Å². The Kier molecular flexibility index (Phi) is 4.89. The van der Waals surface area contributed by atoms with E-state index >= 15 is 0 Å². The van der Waals surface area contributed by atoms with E-state index in [4.69, 9.17) is 4.74 Å². The van der Waals surface area contributed by atoms with Crippen molar-refractivity contribution in [1.29, 1.82) is 0 Å². The molecule has 0 aliphatic heterocycles. The quantitative estimate of drug-likeness (QED) is 0.748. The summed E-state index contributed by atoms with van der Waals surface area (Å²) in [5.41, 5.74) is 4.59. The zero-order chi connectivity index (χ0) is 17.8. The smallest absolute Gasteiger partial charge is 0.257 e. The van der Waals surface area contributed by atoms with Gasteiger partial charge in [0.15, 0.2) is 0 Å². The zero-order valence-electron chi connectivity index (χ0n) is 14.7. The predicted molar refractivity (Wildman–Crippen MR) is 100 cm³/mol. The molecule has 4 nitrogen and oxygen atoms in total. The average molecular weight is 334 g/mol. The molecule has 0 bridgehead atoms. The molecule has 0 spiro atoms. The normalized spacial score (nSPS) is 10.5. The van der Waals surface area contributed by atoms with Crippen LogP contribution in [0.5, 0.6) is 5.75 Å². The van der Waals surface area contributed by atoms with Gasteiger partial charge in [-0.1, -0.05) is 30.3 Å². The van der Waals surface area contributed by atoms with Crippen molar-refractivity contribution in [2.24, 2.45) is 7.05 Å². The fourth-order valence-corrected chi connectivity index (χ4v) is 2.66. The van der Waals surface area contributed by atoms with Crippen LogP contribution < -0.4 is 10.1 Å². The number of nitrogens with one attached hydrogen (secondary N) is 1. The number of amides is 1. The first-order valence-electron chi connectivity index (χ1n) is 8.25. The Morgan fingerprint density at radius 2 is 1.72 bits per heavy atom. The highest BCUT2D eigenvalue weighted by Crippen LogP contribution is 2.19. The van der Waals surface area contributed by atoms with Crippen LogP contribution in [-0.2, 0) is 13.7 Å². The molecule has 0 fully saturated rings. The van der Waals surface area contributed by atoms with Gasteiger partial charge in [0.1, 0.15) is 12.4 Å². The zero-order valence-corrected chi connectivity index (χ0v) is 14.7. The molecule has 1 heterocycles. The van der Waals surface area contributed by atoms with E-state index < -0.39 is 0 Å². The SMILES string of the molecule is Cc1cc(C(=O)Nc2ccc(OCc3ccccc3)cc2)c(C)n1C. The second-order valence-corrected chi connectivity index (χ2v) is 6.10. The second kappa shape index (κ2) is 7.26. The number of anilines is 1. The Bertz CT molecular complexity index is 865.